The molecule has 1 aliphatic carbocycles. The fourth-order valence-electron chi connectivity index (χ4n) is 5.03. The molecule has 0 aromatic heterocycles. The van der Waals surface area contributed by atoms with E-state index in [-0.39, 0.29) is 11.9 Å². The highest BCUT2D eigenvalue weighted by Crippen LogP contribution is 2.43. The molecule has 162 valence electrons. The molecule has 1 amide bonds. The molecule has 0 bridgehead atoms. The summed E-state index contributed by atoms with van der Waals surface area (Å²) >= 11 is 0. The van der Waals surface area contributed by atoms with Gasteiger partial charge in [0.15, 0.2) is 0 Å². The van der Waals surface area contributed by atoms with Crippen molar-refractivity contribution >= 4 is 11.9 Å². The van der Waals surface area contributed by atoms with Gasteiger partial charge in [-0.25, -0.2) is 4.79 Å². The van der Waals surface area contributed by atoms with Crippen LogP contribution >= 0.6 is 0 Å². The highest BCUT2D eigenvalue weighted by molar-refractivity contribution is 6.07. The summed E-state index contributed by atoms with van der Waals surface area (Å²) in [4.78, 5) is 30.0. The average Bonchev–Trinajstić information content (AvgIpc) is 2.99. The number of carbonyl (C=O) groups is 2. The lowest BCUT2D eigenvalue weighted by Crippen LogP contribution is -2.48. The Balaban J connectivity index is 1.24. The molecule has 2 fully saturated rings. The van der Waals surface area contributed by atoms with E-state index in [2.05, 4.69) is 45.4 Å². The lowest BCUT2D eigenvalue weighted by atomic mass is 9.78. The Kier molecular flexibility index (Phi) is 6.54. The Morgan fingerprint density at radius 2 is 1.70 bits per heavy atom. The van der Waals surface area contributed by atoms with Crippen LogP contribution in [0.25, 0.3) is 0 Å². The monoisotopic (exact) mass is 411 g/mol. The van der Waals surface area contributed by atoms with Crippen LogP contribution in [0.4, 0.5) is 0 Å². The second-order valence-electron chi connectivity index (χ2n) is 8.80. The number of rotatable bonds is 6. The Labute approximate surface area is 179 Å². The molecule has 1 N–H and O–H groups in total. The first-order chi connectivity index (χ1) is 14.6. The first-order valence-electron chi connectivity index (χ1n) is 11.3. The van der Waals surface area contributed by atoms with Gasteiger partial charge in [0.05, 0.1) is 5.57 Å². The fourth-order valence-corrected chi connectivity index (χ4v) is 5.03. The fraction of sp³-hybridized carbons (Fsp3) is 0.583. The highest BCUT2D eigenvalue weighted by atomic mass is 16.6. The van der Waals surface area contributed by atoms with Gasteiger partial charge in [0.2, 0.25) is 0 Å². The van der Waals surface area contributed by atoms with E-state index in [0.717, 1.165) is 71.4 Å². The third-order valence-corrected chi connectivity index (χ3v) is 6.74. The molecule has 6 heteroatoms. The number of esters is 1. The molecule has 1 aromatic carbocycles. The van der Waals surface area contributed by atoms with Crippen molar-refractivity contribution in [2.24, 2.45) is 0 Å². The second kappa shape index (κ2) is 9.31. The number of nitrogens with zero attached hydrogens (tertiary/aromatic N) is 2. The number of hydrogen-bond donors (Lipinski definition) is 1. The van der Waals surface area contributed by atoms with Crippen LogP contribution in [0.3, 0.4) is 0 Å². The molecule has 0 radical (unpaired) electrons. The maximum atomic E-state index is 12.9. The zero-order valence-corrected chi connectivity index (χ0v) is 18.0. The molecule has 2 aliphatic heterocycles. The minimum absolute atomic E-state index is 0.122. The number of amides is 1. The Morgan fingerprint density at radius 3 is 2.40 bits per heavy atom. The Hall–Kier alpha value is -2.18. The third-order valence-electron chi connectivity index (χ3n) is 6.74. The van der Waals surface area contributed by atoms with E-state index in [0.29, 0.717) is 17.7 Å². The van der Waals surface area contributed by atoms with Gasteiger partial charge >= 0.3 is 5.97 Å². The molecular formula is C24H33N3O3. The van der Waals surface area contributed by atoms with Crippen LogP contribution in [-0.2, 0) is 20.9 Å². The number of hydrogen-bond acceptors (Lipinski definition) is 5. The topological polar surface area (TPSA) is 61.9 Å². The lowest BCUT2D eigenvalue weighted by molar-refractivity contribution is -0.149. The normalized spacial score (nSPS) is 22.4. The SMILES string of the molecule is CC1=C(C(=O)NCCN2CCN(Cc3ccccc3)CC2)C2(CCCCC2)OC1=O. The minimum Gasteiger partial charge on any atom is -0.451 e. The number of nitrogens with one attached hydrogen (secondary N) is 1. The summed E-state index contributed by atoms with van der Waals surface area (Å²) in [5.41, 5.74) is 1.75. The van der Waals surface area contributed by atoms with Crippen molar-refractivity contribution in [3.05, 3.63) is 47.0 Å². The number of carbonyl (C=O) groups excluding carboxylic acids is 2. The van der Waals surface area contributed by atoms with Gasteiger partial charge < -0.3 is 10.1 Å². The summed E-state index contributed by atoms with van der Waals surface area (Å²) in [7, 11) is 0. The van der Waals surface area contributed by atoms with Crippen LogP contribution in [0.2, 0.25) is 0 Å². The van der Waals surface area contributed by atoms with Gasteiger partial charge in [0.25, 0.3) is 5.91 Å². The van der Waals surface area contributed by atoms with Gasteiger partial charge in [-0.2, -0.15) is 0 Å². The molecule has 4 rings (SSSR count). The molecule has 0 atom stereocenters. The predicted molar refractivity (Wildman–Crippen MR) is 116 cm³/mol. The molecule has 0 unspecified atom stereocenters. The first-order valence-corrected chi connectivity index (χ1v) is 11.3. The molecule has 6 nitrogen and oxygen atoms in total. The summed E-state index contributed by atoms with van der Waals surface area (Å²) in [6.45, 7) is 8.25. The number of benzene rings is 1. The van der Waals surface area contributed by atoms with E-state index in [9.17, 15) is 9.59 Å². The smallest absolute Gasteiger partial charge is 0.335 e. The number of piperazine rings is 1. The maximum absolute atomic E-state index is 12.9. The molecule has 30 heavy (non-hydrogen) atoms. The van der Waals surface area contributed by atoms with Crippen molar-refractivity contribution in [2.75, 3.05) is 39.3 Å². The summed E-state index contributed by atoms with van der Waals surface area (Å²) in [6, 6.07) is 10.6. The van der Waals surface area contributed by atoms with Crippen LogP contribution in [0.15, 0.2) is 41.5 Å². The summed E-state index contributed by atoms with van der Waals surface area (Å²) < 4.78 is 5.70. The van der Waals surface area contributed by atoms with E-state index in [4.69, 9.17) is 4.74 Å². The number of ether oxygens (including phenoxy) is 1. The van der Waals surface area contributed by atoms with E-state index in [1.165, 1.54) is 5.56 Å². The zero-order valence-electron chi connectivity index (χ0n) is 18.0. The van der Waals surface area contributed by atoms with Crippen LogP contribution in [-0.4, -0.2) is 66.5 Å². The molecule has 1 saturated heterocycles. The van der Waals surface area contributed by atoms with Gasteiger partial charge in [-0.15, -0.1) is 0 Å². The predicted octanol–water partition coefficient (Wildman–Crippen LogP) is 2.50. The average molecular weight is 412 g/mol. The van der Waals surface area contributed by atoms with Crippen molar-refractivity contribution < 1.29 is 14.3 Å². The molecule has 1 spiro atoms. The van der Waals surface area contributed by atoms with E-state index >= 15 is 0 Å². The Morgan fingerprint density at radius 1 is 1.03 bits per heavy atom. The highest BCUT2D eigenvalue weighted by Gasteiger charge is 2.49. The van der Waals surface area contributed by atoms with Gasteiger partial charge in [-0.05, 0) is 38.2 Å². The maximum Gasteiger partial charge on any atom is 0.335 e. The standard InChI is InChI=1S/C24H33N3O3/c1-19-21(24(30-23(19)29)10-6-3-7-11-24)22(28)25-12-13-26-14-16-27(17-15-26)18-20-8-4-2-5-9-20/h2,4-5,8-9H,3,6-7,10-18H2,1H3,(H,25,28). The lowest BCUT2D eigenvalue weighted by Gasteiger charge is -2.35. The van der Waals surface area contributed by atoms with Crippen LogP contribution in [0.1, 0.15) is 44.6 Å². The summed E-state index contributed by atoms with van der Waals surface area (Å²) in [5, 5.41) is 3.06. The summed E-state index contributed by atoms with van der Waals surface area (Å²) in [5.74, 6) is -0.445. The van der Waals surface area contributed by atoms with E-state index in [1.54, 1.807) is 6.92 Å². The van der Waals surface area contributed by atoms with Crippen LogP contribution < -0.4 is 5.32 Å². The molecule has 3 aliphatic rings. The molecule has 1 saturated carbocycles. The Bertz CT molecular complexity index is 791. The van der Waals surface area contributed by atoms with Crippen molar-refractivity contribution in [3.63, 3.8) is 0 Å². The quantitative estimate of drug-likeness (QED) is 0.729. The van der Waals surface area contributed by atoms with Crippen molar-refractivity contribution in [1.82, 2.24) is 15.1 Å². The van der Waals surface area contributed by atoms with Gasteiger partial charge in [0.1, 0.15) is 5.60 Å². The van der Waals surface area contributed by atoms with Crippen molar-refractivity contribution in [2.45, 2.75) is 51.2 Å². The van der Waals surface area contributed by atoms with Crippen LogP contribution in [0, 0.1) is 0 Å². The third kappa shape index (κ3) is 4.60. The molecular weight excluding hydrogens is 378 g/mol. The van der Waals surface area contributed by atoms with Gasteiger partial charge in [0, 0.05) is 51.4 Å². The van der Waals surface area contributed by atoms with Crippen LogP contribution in [0.5, 0.6) is 0 Å². The largest absolute Gasteiger partial charge is 0.451 e. The zero-order chi connectivity index (χ0) is 21.0. The molecule has 2 heterocycles. The van der Waals surface area contributed by atoms with E-state index < -0.39 is 5.60 Å². The van der Waals surface area contributed by atoms with Crippen molar-refractivity contribution in [3.8, 4) is 0 Å². The van der Waals surface area contributed by atoms with Crippen molar-refractivity contribution in [1.29, 1.82) is 0 Å². The van der Waals surface area contributed by atoms with E-state index in [1.807, 2.05) is 0 Å². The van der Waals surface area contributed by atoms with Gasteiger partial charge in [-0.1, -0.05) is 36.8 Å². The van der Waals surface area contributed by atoms with Gasteiger partial charge in [-0.3, -0.25) is 14.6 Å². The minimum atomic E-state index is -0.674. The second-order valence-corrected chi connectivity index (χ2v) is 8.80. The summed E-state index contributed by atoms with van der Waals surface area (Å²) in [6.07, 6.45) is 4.68. The first kappa shape index (κ1) is 21.1. The molecule has 1 aromatic rings.